The van der Waals surface area contributed by atoms with Gasteiger partial charge in [0.25, 0.3) is 0 Å². The molecule has 1 unspecified atom stereocenters. The van der Waals surface area contributed by atoms with Crippen LogP contribution < -0.4 is 5.32 Å². The van der Waals surface area contributed by atoms with E-state index in [1.807, 2.05) is 6.20 Å². The van der Waals surface area contributed by atoms with Gasteiger partial charge >= 0.3 is 0 Å². The Bertz CT molecular complexity index is 305. The summed E-state index contributed by atoms with van der Waals surface area (Å²) < 4.78 is 0. The molecule has 1 atom stereocenters. The zero-order chi connectivity index (χ0) is 11.2. The Morgan fingerprint density at radius 2 is 2.56 bits per heavy atom. The van der Waals surface area contributed by atoms with Gasteiger partial charge in [0.2, 0.25) is 0 Å². The van der Waals surface area contributed by atoms with E-state index in [1.165, 1.54) is 42.1 Å². The predicted molar refractivity (Wildman–Crippen MR) is 69.9 cm³/mol. The van der Waals surface area contributed by atoms with E-state index in [9.17, 15) is 0 Å². The lowest BCUT2D eigenvalue weighted by atomic mass is 10.1. The molecule has 0 amide bonds. The Labute approximate surface area is 102 Å². The molecule has 0 radical (unpaired) electrons. The number of nitrogens with one attached hydrogen (secondary N) is 2. The highest BCUT2D eigenvalue weighted by molar-refractivity contribution is 7.99. The van der Waals surface area contributed by atoms with Crippen molar-refractivity contribution in [2.75, 3.05) is 24.6 Å². The van der Waals surface area contributed by atoms with Crippen LogP contribution in [0.1, 0.15) is 24.1 Å². The van der Waals surface area contributed by atoms with E-state index in [2.05, 4.69) is 34.2 Å². The Morgan fingerprint density at radius 1 is 1.62 bits per heavy atom. The lowest BCUT2D eigenvalue weighted by molar-refractivity contribution is 0.517. The molecule has 2 heterocycles. The number of aromatic amines is 1. The van der Waals surface area contributed by atoms with Crippen molar-refractivity contribution in [1.82, 2.24) is 15.5 Å². The maximum absolute atomic E-state index is 4.04. The summed E-state index contributed by atoms with van der Waals surface area (Å²) in [6, 6.07) is 0. The minimum Gasteiger partial charge on any atom is -0.316 e. The van der Waals surface area contributed by atoms with Gasteiger partial charge in [-0.15, -0.1) is 0 Å². The highest BCUT2D eigenvalue weighted by atomic mass is 32.2. The fourth-order valence-electron chi connectivity index (χ4n) is 2.08. The Morgan fingerprint density at radius 3 is 3.25 bits per heavy atom. The van der Waals surface area contributed by atoms with Crippen molar-refractivity contribution in [3.8, 4) is 0 Å². The molecule has 2 rings (SSSR count). The molecule has 3 nitrogen and oxygen atoms in total. The summed E-state index contributed by atoms with van der Waals surface area (Å²) >= 11 is 2.09. The normalized spacial score (nSPS) is 20.4. The Balaban J connectivity index is 1.53. The largest absolute Gasteiger partial charge is 0.316 e. The van der Waals surface area contributed by atoms with E-state index < -0.39 is 0 Å². The quantitative estimate of drug-likeness (QED) is 0.746. The second kappa shape index (κ2) is 6.30. The van der Waals surface area contributed by atoms with Crippen molar-refractivity contribution in [3.63, 3.8) is 0 Å². The topological polar surface area (TPSA) is 40.7 Å². The second-order valence-electron chi connectivity index (χ2n) is 4.56. The number of hydrogen-bond acceptors (Lipinski definition) is 3. The van der Waals surface area contributed by atoms with Gasteiger partial charge in [0.1, 0.15) is 0 Å². The van der Waals surface area contributed by atoms with Gasteiger partial charge < -0.3 is 5.32 Å². The number of aryl methyl sites for hydroxylation is 2. The number of H-pyrrole nitrogens is 1. The number of nitrogens with zero attached hydrogens (tertiary/aromatic N) is 1. The Kier molecular flexibility index (Phi) is 4.72. The molecule has 0 aromatic carbocycles. The van der Waals surface area contributed by atoms with Crippen LogP contribution in [-0.2, 0) is 6.42 Å². The van der Waals surface area contributed by atoms with Crippen LogP contribution in [0.25, 0.3) is 0 Å². The molecule has 0 spiro atoms. The summed E-state index contributed by atoms with van der Waals surface area (Å²) in [6.07, 6.45) is 5.69. The van der Waals surface area contributed by atoms with Crippen molar-refractivity contribution in [3.05, 3.63) is 17.5 Å². The molecule has 0 bridgehead atoms. The summed E-state index contributed by atoms with van der Waals surface area (Å²) in [7, 11) is 0. The molecule has 1 aliphatic rings. The molecule has 1 fully saturated rings. The van der Waals surface area contributed by atoms with Crippen LogP contribution >= 0.6 is 11.8 Å². The third-order valence-corrected chi connectivity index (χ3v) is 4.42. The van der Waals surface area contributed by atoms with Crippen LogP contribution in [0.15, 0.2) is 6.20 Å². The minimum absolute atomic E-state index is 0.917. The van der Waals surface area contributed by atoms with Gasteiger partial charge in [-0.2, -0.15) is 16.9 Å². The van der Waals surface area contributed by atoms with E-state index in [-0.39, 0.29) is 0 Å². The maximum Gasteiger partial charge on any atom is 0.0522 e. The highest BCUT2D eigenvalue weighted by Gasteiger charge is 2.14. The van der Waals surface area contributed by atoms with Crippen molar-refractivity contribution in [1.29, 1.82) is 0 Å². The van der Waals surface area contributed by atoms with Crippen molar-refractivity contribution >= 4 is 11.8 Å². The van der Waals surface area contributed by atoms with Crippen LogP contribution in [0, 0.1) is 12.8 Å². The number of thioether (sulfide) groups is 1. The van der Waals surface area contributed by atoms with Gasteiger partial charge in [0, 0.05) is 5.69 Å². The van der Waals surface area contributed by atoms with E-state index in [0.29, 0.717) is 0 Å². The molecule has 1 aromatic rings. The molecule has 0 aliphatic carbocycles. The van der Waals surface area contributed by atoms with E-state index in [1.54, 1.807) is 0 Å². The minimum atomic E-state index is 0.917. The van der Waals surface area contributed by atoms with Gasteiger partial charge in [-0.3, -0.25) is 5.10 Å². The standard InChI is InChI=1S/C12H21N3S/c1-10-12(8-14-15-10)3-2-5-13-7-11-4-6-16-9-11/h8,11,13H,2-7,9H2,1H3,(H,14,15). The van der Waals surface area contributed by atoms with Gasteiger partial charge in [-0.1, -0.05) is 0 Å². The smallest absolute Gasteiger partial charge is 0.0522 e. The molecule has 4 heteroatoms. The van der Waals surface area contributed by atoms with Gasteiger partial charge in [-0.05, 0) is 62.3 Å². The first-order valence-electron chi connectivity index (χ1n) is 6.13. The highest BCUT2D eigenvalue weighted by Crippen LogP contribution is 2.22. The lowest BCUT2D eigenvalue weighted by Crippen LogP contribution is -2.24. The molecule has 1 aromatic heterocycles. The van der Waals surface area contributed by atoms with Crippen molar-refractivity contribution < 1.29 is 0 Å². The molecule has 90 valence electrons. The van der Waals surface area contributed by atoms with E-state index in [4.69, 9.17) is 0 Å². The average molecular weight is 239 g/mol. The number of hydrogen-bond donors (Lipinski definition) is 2. The first-order chi connectivity index (χ1) is 7.86. The zero-order valence-electron chi connectivity index (χ0n) is 9.96. The monoisotopic (exact) mass is 239 g/mol. The van der Waals surface area contributed by atoms with Crippen molar-refractivity contribution in [2.24, 2.45) is 5.92 Å². The third-order valence-electron chi connectivity index (χ3n) is 3.19. The van der Waals surface area contributed by atoms with Crippen LogP contribution in [0.4, 0.5) is 0 Å². The molecular weight excluding hydrogens is 218 g/mol. The molecule has 1 saturated heterocycles. The molecular formula is C12H21N3S. The molecule has 1 aliphatic heterocycles. The first-order valence-corrected chi connectivity index (χ1v) is 7.29. The van der Waals surface area contributed by atoms with Crippen LogP contribution in [-0.4, -0.2) is 34.8 Å². The molecule has 16 heavy (non-hydrogen) atoms. The van der Waals surface area contributed by atoms with E-state index >= 15 is 0 Å². The summed E-state index contributed by atoms with van der Waals surface area (Å²) in [5.41, 5.74) is 2.57. The van der Waals surface area contributed by atoms with Crippen LogP contribution in [0.3, 0.4) is 0 Å². The fourth-order valence-corrected chi connectivity index (χ4v) is 3.37. The van der Waals surface area contributed by atoms with Crippen LogP contribution in [0.5, 0.6) is 0 Å². The second-order valence-corrected chi connectivity index (χ2v) is 5.71. The maximum atomic E-state index is 4.04. The lowest BCUT2D eigenvalue weighted by Gasteiger charge is -2.09. The summed E-state index contributed by atoms with van der Waals surface area (Å²) in [5, 5.41) is 10.6. The SMILES string of the molecule is Cc1[nH]ncc1CCCNCC1CCSC1. The van der Waals surface area contributed by atoms with Gasteiger partial charge in [0.05, 0.1) is 6.20 Å². The van der Waals surface area contributed by atoms with Gasteiger partial charge in [0.15, 0.2) is 0 Å². The summed E-state index contributed by atoms with van der Waals surface area (Å²) in [4.78, 5) is 0. The van der Waals surface area contributed by atoms with Gasteiger partial charge in [-0.25, -0.2) is 0 Å². The average Bonchev–Trinajstić information content (AvgIpc) is 2.90. The first kappa shape index (κ1) is 12.0. The molecule has 0 saturated carbocycles. The Hall–Kier alpha value is -0.480. The summed E-state index contributed by atoms with van der Waals surface area (Å²) in [6.45, 7) is 4.43. The zero-order valence-corrected chi connectivity index (χ0v) is 10.8. The number of rotatable bonds is 6. The number of aromatic nitrogens is 2. The summed E-state index contributed by atoms with van der Waals surface area (Å²) in [5.74, 6) is 3.63. The van der Waals surface area contributed by atoms with E-state index in [0.717, 1.165) is 18.9 Å². The predicted octanol–water partition coefficient (Wildman–Crippen LogP) is 1.99. The van der Waals surface area contributed by atoms with Crippen molar-refractivity contribution in [2.45, 2.75) is 26.2 Å². The molecule has 2 N–H and O–H groups in total. The third kappa shape index (κ3) is 3.52. The fraction of sp³-hybridized carbons (Fsp3) is 0.750. The van der Waals surface area contributed by atoms with Crippen LogP contribution in [0.2, 0.25) is 0 Å².